The van der Waals surface area contributed by atoms with Gasteiger partial charge in [0.05, 0.1) is 11.8 Å². The lowest BCUT2D eigenvalue weighted by atomic mass is 10.1. The molecule has 0 bridgehead atoms. The molecule has 0 aromatic carbocycles. The van der Waals surface area contributed by atoms with Crippen molar-refractivity contribution in [2.24, 2.45) is 0 Å². The van der Waals surface area contributed by atoms with Crippen LogP contribution in [0, 0.1) is 13.8 Å². The van der Waals surface area contributed by atoms with E-state index < -0.39 is 0 Å². The number of nitrogens with zero attached hydrogens (tertiary/aromatic N) is 4. The van der Waals surface area contributed by atoms with Crippen molar-refractivity contribution in [3.63, 3.8) is 0 Å². The van der Waals surface area contributed by atoms with Crippen molar-refractivity contribution in [3.05, 3.63) is 35.8 Å². The first-order valence-corrected chi connectivity index (χ1v) is 7.74. The smallest absolute Gasteiger partial charge is 0.225 e. The Morgan fingerprint density at radius 2 is 2.09 bits per heavy atom. The minimum absolute atomic E-state index is 0.292. The van der Waals surface area contributed by atoms with Crippen molar-refractivity contribution >= 4 is 5.95 Å². The van der Waals surface area contributed by atoms with E-state index in [-0.39, 0.29) is 0 Å². The van der Waals surface area contributed by atoms with Gasteiger partial charge in [0.1, 0.15) is 0 Å². The molecule has 22 heavy (non-hydrogen) atoms. The number of anilines is 1. The van der Waals surface area contributed by atoms with E-state index in [0.29, 0.717) is 6.10 Å². The summed E-state index contributed by atoms with van der Waals surface area (Å²) >= 11 is 0. The van der Waals surface area contributed by atoms with Crippen molar-refractivity contribution in [2.75, 3.05) is 25.1 Å². The molecule has 1 aliphatic heterocycles. The number of rotatable bonds is 4. The summed E-state index contributed by atoms with van der Waals surface area (Å²) < 4.78 is 5.69. The molecule has 3 rings (SSSR count). The third kappa shape index (κ3) is 3.25. The van der Waals surface area contributed by atoms with E-state index in [0.717, 1.165) is 54.6 Å². The highest BCUT2D eigenvalue weighted by molar-refractivity contribution is 5.62. The van der Waals surface area contributed by atoms with Gasteiger partial charge in [-0.1, -0.05) is 0 Å². The number of hydrogen-bond donors (Lipinski definition) is 0. The maximum Gasteiger partial charge on any atom is 0.225 e. The molecule has 0 saturated carbocycles. The lowest BCUT2D eigenvalue weighted by Crippen LogP contribution is -2.29. The Kier molecular flexibility index (Phi) is 4.34. The summed E-state index contributed by atoms with van der Waals surface area (Å²) in [6, 6.07) is 6.02. The van der Waals surface area contributed by atoms with Crippen LogP contribution >= 0.6 is 0 Å². The first-order chi connectivity index (χ1) is 10.6. The van der Waals surface area contributed by atoms with Gasteiger partial charge in [-0.25, -0.2) is 9.97 Å². The monoisotopic (exact) mass is 298 g/mol. The van der Waals surface area contributed by atoms with Crippen LogP contribution in [0.15, 0.2) is 24.4 Å². The van der Waals surface area contributed by atoms with Crippen LogP contribution in [0.4, 0.5) is 5.95 Å². The van der Waals surface area contributed by atoms with Crippen LogP contribution in [0.2, 0.25) is 0 Å². The first-order valence-electron chi connectivity index (χ1n) is 7.74. The maximum absolute atomic E-state index is 5.69. The fraction of sp³-hybridized carbons (Fsp3) is 0.471. The van der Waals surface area contributed by atoms with Gasteiger partial charge >= 0.3 is 0 Å². The van der Waals surface area contributed by atoms with Gasteiger partial charge in [0, 0.05) is 43.3 Å². The SMILES string of the molecule is Cc1ccc(-c2ccnc(N(C)C[C@H]3CCCO3)n2)c(C)n1. The first kappa shape index (κ1) is 14.9. The molecule has 0 radical (unpaired) electrons. The van der Waals surface area contributed by atoms with Gasteiger partial charge in [-0.05, 0) is 44.9 Å². The lowest BCUT2D eigenvalue weighted by molar-refractivity contribution is 0.116. The molecule has 2 aromatic rings. The maximum atomic E-state index is 5.69. The summed E-state index contributed by atoms with van der Waals surface area (Å²) in [5, 5.41) is 0. The summed E-state index contributed by atoms with van der Waals surface area (Å²) in [4.78, 5) is 15.7. The molecule has 3 heterocycles. The van der Waals surface area contributed by atoms with Crippen molar-refractivity contribution in [2.45, 2.75) is 32.8 Å². The predicted octanol–water partition coefficient (Wildman–Crippen LogP) is 2.77. The largest absolute Gasteiger partial charge is 0.376 e. The Hall–Kier alpha value is -2.01. The quantitative estimate of drug-likeness (QED) is 0.868. The summed E-state index contributed by atoms with van der Waals surface area (Å²) in [5.41, 5.74) is 3.98. The molecule has 0 N–H and O–H groups in total. The molecule has 1 saturated heterocycles. The van der Waals surface area contributed by atoms with E-state index in [9.17, 15) is 0 Å². The van der Waals surface area contributed by atoms with Gasteiger partial charge in [0.15, 0.2) is 0 Å². The van der Waals surface area contributed by atoms with E-state index >= 15 is 0 Å². The van der Waals surface area contributed by atoms with E-state index in [1.165, 1.54) is 0 Å². The van der Waals surface area contributed by atoms with Crippen LogP contribution in [0.3, 0.4) is 0 Å². The molecule has 5 nitrogen and oxygen atoms in total. The number of pyridine rings is 1. The van der Waals surface area contributed by atoms with Crippen LogP contribution in [0.25, 0.3) is 11.3 Å². The molecule has 1 atom stereocenters. The average Bonchev–Trinajstić information content (AvgIpc) is 3.00. The standard InChI is InChI=1S/C17H22N4O/c1-12-6-7-15(13(2)19-12)16-8-9-18-17(20-16)21(3)11-14-5-4-10-22-14/h6-9,14H,4-5,10-11H2,1-3H3/t14-/m1/s1. The molecule has 1 aliphatic rings. The van der Waals surface area contributed by atoms with E-state index in [1.807, 2.05) is 39.2 Å². The van der Waals surface area contributed by atoms with Gasteiger partial charge in [-0.15, -0.1) is 0 Å². The normalized spacial score (nSPS) is 17.7. The Morgan fingerprint density at radius 3 is 2.82 bits per heavy atom. The lowest BCUT2D eigenvalue weighted by Gasteiger charge is -2.21. The molecule has 2 aromatic heterocycles. The zero-order valence-electron chi connectivity index (χ0n) is 13.4. The summed E-state index contributed by atoms with van der Waals surface area (Å²) in [7, 11) is 2.01. The van der Waals surface area contributed by atoms with Crippen LogP contribution in [0.5, 0.6) is 0 Å². The number of aryl methyl sites for hydroxylation is 2. The highest BCUT2D eigenvalue weighted by atomic mass is 16.5. The van der Waals surface area contributed by atoms with E-state index in [1.54, 1.807) is 0 Å². The number of likely N-dealkylation sites (N-methyl/N-ethyl adjacent to an activating group) is 1. The van der Waals surface area contributed by atoms with Crippen LogP contribution in [-0.4, -0.2) is 41.3 Å². The third-order valence-corrected chi connectivity index (χ3v) is 3.99. The zero-order valence-corrected chi connectivity index (χ0v) is 13.4. The topological polar surface area (TPSA) is 51.1 Å². The highest BCUT2D eigenvalue weighted by Crippen LogP contribution is 2.22. The fourth-order valence-corrected chi connectivity index (χ4v) is 2.82. The summed E-state index contributed by atoms with van der Waals surface area (Å²) in [6.07, 6.45) is 4.36. The van der Waals surface area contributed by atoms with Crippen molar-refractivity contribution in [1.82, 2.24) is 15.0 Å². The summed E-state index contributed by atoms with van der Waals surface area (Å²) in [5.74, 6) is 0.730. The minimum atomic E-state index is 0.292. The second kappa shape index (κ2) is 6.40. The van der Waals surface area contributed by atoms with Crippen LogP contribution in [0.1, 0.15) is 24.2 Å². The average molecular weight is 298 g/mol. The van der Waals surface area contributed by atoms with Gasteiger partial charge in [-0.2, -0.15) is 0 Å². The molecular formula is C17H22N4O. The van der Waals surface area contributed by atoms with Gasteiger partial charge < -0.3 is 9.64 Å². The van der Waals surface area contributed by atoms with E-state index in [4.69, 9.17) is 9.72 Å². The zero-order chi connectivity index (χ0) is 15.5. The van der Waals surface area contributed by atoms with Crippen molar-refractivity contribution in [1.29, 1.82) is 0 Å². The van der Waals surface area contributed by atoms with Crippen molar-refractivity contribution < 1.29 is 4.74 Å². The third-order valence-electron chi connectivity index (χ3n) is 3.99. The van der Waals surface area contributed by atoms with Gasteiger partial charge in [-0.3, -0.25) is 4.98 Å². The van der Waals surface area contributed by atoms with Crippen LogP contribution in [-0.2, 0) is 4.74 Å². The highest BCUT2D eigenvalue weighted by Gasteiger charge is 2.19. The molecule has 1 fully saturated rings. The molecule has 0 unspecified atom stereocenters. The Morgan fingerprint density at radius 1 is 1.23 bits per heavy atom. The molecular weight excluding hydrogens is 276 g/mol. The second-order valence-electron chi connectivity index (χ2n) is 5.84. The molecule has 0 aliphatic carbocycles. The van der Waals surface area contributed by atoms with Gasteiger partial charge in [0.25, 0.3) is 0 Å². The Balaban J connectivity index is 1.82. The second-order valence-corrected chi connectivity index (χ2v) is 5.84. The fourth-order valence-electron chi connectivity index (χ4n) is 2.82. The Labute approximate surface area is 131 Å². The van der Waals surface area contributed by atoms with Crippen LogP contribution < -0.4 is 4.90 Å². The molecule has 0 amide bonds. The van der Waals surface area contributed by atoms with E-state index in [2.05, 4.69) is 20.9 Å². The molecule has 116 valence electrons. The number of aromatic nitrogens is 3. The molecule has 0 spiro atoms. The Bertz CT molecular complexity index is 653. The van der Waals surface area contributed by atoms with Crippen molar-refractivity contribution in [3.8, 4) is 11.3 Å². The predicted molar refractivity (Wildman–Crippen MR) is 87.0 cm³/mol. The molecule has 5 heteroatoms. The summed E-state index contributed by atoms with van der Waals surface area (Å²) in [6.45, 7) is 5.71. The minimum Gasteiger partial charge on any atom is -0.376 e. The number of ether oxygens (including phenoxy) is 1. The van der Waals surface area contributed by atoms with Gasteiger partial charge in [0.2, 0.25) is 5.95 Å². The number of hydrogen-bond acceptors (Lipinski definition) is 5.